The molecule has 1 unspecified atom stereocenters. The van der Waals surface area contributed by atoms with Gasteiger partial charge in [0.15, 0.2) is 10.4 Å². The van der Waals surface area contributed by atoms with Crippen LogP contribution in [0.1, 0.15) is 31.4 Å². The van der Waals surface area contributed by atoms with Gasteiger partial charge in [0.2, 0.25) is 5.13 Å². The zero-order valence-corrected chi connectivity index (χ0v) is 15.4. The molecule has 0 bridgehead atoms. The van der Waals surface area contributed by atoms with Gasteiger partial charge in [-0.1, -0.05) is 49.1 Å². The molecule has 0 fully saturated rings. The van der Waals surface area contributed by atoms with Crippen LogP contribution in [0.15, 0.2) is 22.5 Å². The monoisotopic (exact) mass is 351 g/mol. The van der Waals surface area contributed by atoms with E-state index in [1.807, 2.05) is 39.0 Å². The third-order valence-electron chi connectivity index (χ3n) is 3.39. The Kier molecular flexibility index (Phi) is 6.41. The summed E-state index contributed by atoms with van der Waals surface area (Å²) in [7, 11) is 0. The maximum atomic E-state index is 12.4. The molecule has 1 amide bonds. The lowest BCUT2D eigenvalue weighted by molar-refractivity contribution is -0.122. The van der Waals surface area contributed by atoms with Crippen LogP contribution in [0.3, 0.4) is 0 Å². The van der Waals surface area contributed by atoms with Crippen LogP contribution in [0.2, 0.25) is 0 Å². The van der Waals surface area contributed by atoms with Gasteiger partial charge in [0.1, 0.15) is 5.75 Å². The van der Waals surface area contributed by atoms with Crippen LogP contribution in [0.4, 0.5) is 5.13 Å². The van der Waals surface area contributed by atoms with Gasteiger partial charge in [-0.3, -0.25) is 10.1 Å². The van der Waals surface area contributed by atoms with E-state index in [2.05, 4.69) is 22.4 Å². The van der Waals surface area contributed by atoms with Crippen molar-refractivity contribution in [2.24, 2.45) is 0 Å². The lowest BCUT2D eigenvalue weighted by atomic mass is 10.1. The largest absolute Gasteiger partial charge is 0.480 e. The van der Waals surface area contributed by atoms with Gasteiger partial charge in [-0.15, -0.1) is 10.2 Å². The van der Waals surface area contributed by atoms with E-state index in [1.165, 1.54) is 11.3 Å². The van der Waals surface area contributed by atoms with Crippen LogP contribution in [0.25, 0.3) is 0 Å². The first kappa shape index (κ1) is 17.7. The molecule has 0 radical (unpaired) electrons. The van der Waals surface area contributed by atoms with E-state index in [0.717, 1.165) is 27.0 Å². The summed E-state index contributed by atoms with van der Waals surface area (Å²) < 4.78 is 6.76. The zero-order chi connectivity index (χ0) is 16.8. The van der Waals surface area contributed by atoms with Gasteiger partial charge in [0.25, 0.3) is 5.91 Å². The molecule has 124 valence electrons. The number of thioether (sulfide) groups is 1. The van der Waals surface area contributed by atoms with E-state index < -0.39 is 6.10 Å². The molecule has 7 heteroatoms. The number of rotatable bonds is 7. The first-order valence-corrected chi connectivity index (χ1v) is 9.35. The highest BCUT2D eigenvalue weighted by molar-refractivity contribution is 8.01. The zero-order valence-electron chi connectivity index (χ0n) is 13.8. The third kappa shape index (κ3) is 4.68. The van der Waals surface area contributed by atoms with Crippen LogP contribution in [-0.4, -0.2) is 28.0 Å². The quantitative estimate of drug-likeness (QED) is 0.602. The van der Waals surface area contributed by atoms with E-state index in [0.29, 0.717) is 11.6 Å². The summed E-state index contributed by atoms with van der Waals surface area (Å²) in [4.78, 5) is 12.4. The molecule has 0 saturated heterocycles. The number of carbonyl (C=O) groups excluding carboxylic acids is 1. The second kappa shape index (κ2) is 8.31. The van der Waals surface area contributed by atoms with Crippen LogP contribution >= 0.6 is 23.1 Å². The Morgan fingerprint density at radius 2 is 2.13 bits per heavy atom. The Bertz CT molecular complexity index is 673. The number of anilines is 1. The predicted molar refractivity (Wildman–Crippen MR) is 95.6 cm³/mol. The molecule has 0 spiro atoms. The van der Waals surface area contributed by atoms with Crippen molar-refractivity contribution in [2.45, 2.75) is 44.6 Å². The van der Waals surface area contributed by atoms with Crippen LogP contribution in [0.5, 0.6) is 5.75 Å². The Morgan fingerprint density at radius 1 is 1.35 bits per heavy atom. The minimum Gasteiger partial charge on any atom is -0.480 e. The van der Waals surface area contributed by atoms with E-state index in [1.54, 1.807) is 11.8 Å². The first-order chi connectivity index (χ1) is 11.0. The van der Waals surface area contributed by atoms with Crippen LogP contribution in [0, 0.1) is 13.8 Å². The molecule has 1 aromatic carbocycles. The molecule has 1 N–H and O–H groups in total. The number of aryl methyl sites for hydroxylation is 1. The lowest BCUT2D eigenvalue weighted by Crippen LogP contribution is -2.32. The van der Waals surface area contributed by atoms with E-state index in [4.69, 9.17) is 4.74 Å². The fourth-order valence-electron chi connectivity index (χ4n) is 1.96. The van der Waals surface area contributed by atoms with Crippen LogP contribution < -0.4 is 10.1 Å². The number of amides is 1. The van der Waals surface area contributed by atoms with Gasteiger partial charge in [-0.2, -0.15) is 0 Å². The summed E-state index contributed by atoms with van der Waals surface area (Å²) >= 11 is 2.98. The highest BCUT2D eigenvalue weighted by Crippen LogP contribution is 2.26. The summed E-state index contributed by atoms with van der Waals surface area (Å²) in [6, 6.07) is 5.85. The van der Waals surface area contributed by atoms with Crippen molar-refractivity contribution in [1.82, 2.24) is 10.2 Å². The smallest absolute Gasteiger partial charge is 0.267 e. The van der Waals surface area contributed by atoms with E-state index >= 15 is 0 Å². The van der Waals surface area contributed by atoms with Gasteiger partial charge in [0.05, 0.1) is 0 Å². The summed E-state index contributed by atoms with van der Waals surface area (Å²) in [5, 5.41) is 11.3. The molecule has 1 atom stereocenters. The van der Waals surface area contributed by atoms with Gasteiger partial charge in [-0.05, 0) is 43.2 Å². The topological polar surface area (TPSA) is 64.1 Å². The summed E-state index contributed by atoms with van der Waals surface area (Å²) in [6.07, 6.45) is 0.0240. The average molecular weight is 351 g/mol. The molecule has 1 heterocycles. The van der Waals surface area contributed by atoms with Crippen molar-refractivity contribution in [3.8, 4) is 5.75 Å². The third-order valence-corrected chi connectivity index (χ3v) is 5.25. The maximum Gasteiger partial charge on any atom is 0.267 e. The molecule has 0 aliphatic rings. The van der Waals surface area contributed by atoms with Crippen molar-refractivity contribution < 1.29 is 9.53 Å². The second-order valence-corrected chi connectivity index (χ2v) is 7.50. The molecule has 5 nitrogen and oxygen atoms in total. The van der Waals surface area contributed by atoms with E-state index in [9.17, 15) is 4.79 Å². The van der Waals surface area contributed by atoms with Crippen molar-refractivity contribution in [3.05, 3.63) is 29.3 Å². The van der Waals surface area contributed by atoms with E-state index in [-0.39, 0.29) is 5.91 Å². The molecule has 1 aromatic heterocycles. The number of nitrogens with one attached hydrogen (secondary N) is 1. The fourth-order valence-corrected chi connectivity index (χ4v) is 3.61. The number of hydrogen-bond donors (Lipinski definition) is 1. The minimum atomic E-state index is -0.554. The fraction of sp³-hybridized carbons (Fsp3) is 0.438. The Labute approximate surface area is 144 Å². The van der Waals surface area contributed by atoms with Gasteiger partial charge in [-0.25, -0.2) is 0 Å². The number of carbonyl (C=O) groups is 1. The van der Waals surface area contributed by atoms with Crippen molar-refractivity contribution in [3.63, 3.8) is 0 Å². The molecular formula is C16H21N3O2S2. The Morgan fingerprint density at radius 3 is 2.83 bits per heavy atom. The average Bonchev–Trinajstić information content (AvgIpc) is 2.96. The van der Waals surface area contributed by atoms with Crippen molar-refractivity contribution >= 4 is 34.1 Å². The molecule has 0 aliphatic carbocycles. The summed E-state index contributed by atoms with van der Waals surface area (Å²) in [6.45, 7) is 8.00. The maximum absolute atomic E-state index is 12.4. The highest BCUT2D eigenvalue weighted by Gasteiger charge is 2.21. The Hall–Kier alpha value is -1.60. The number of ether oxygens (including phenoxy) is 1. The Balaban J connectivity index is 2.04. The molecule has 2 aromatic rings. The highest BCUT2D eigenvalue weighted by atomic mass is 32.2. The van der Waals surface area contributed by atoms with Crippen molar-refractivity contribution in [2.75, 3.05) is 11.1 Å². The molecule has 23 heavy (non-hydrogen) atoms. The predicted octanol–water partition coefficient (Wildman–Crippen LogP) is 4.06. The normalized spacial score (nSPS) is 12.0. The summed E-state index contributed by atoms with van der Waals surface area (Å²) in [5.74, 6) is 1.47. The standard InChI is InChI=1S/C16H21N3O2S2/c1-5-12(21-13-9-7-8-10(3)11(13)4)14(20)17-15-18-19-16(23-15)22-6-2/h7-9,12H,5-6H2,1-4H3,(H,17,18,20). The van der Waals surface area contributed by atoms with Gasteiger partial charge < -0.3 is 4.74 Å². The first-order valence-electron chi connectivity index (χ1n) is 7.55. The van der Waals surface area contributed by atoms with Gasteiger partial charge >= 0.3 is 0 Å². The number of nitrogens with zero attached hydrogens (tertiary/aromatic N) is 2. The summed E-state index contributed by atoms with van der Waals surface area (Å²) in [5.41, 5.74) is 2.19. The molecular weight excluding hydrogens is 330 g/mol. The molecule has 2 rings (SSSR count). The molecule has 0 saturated carbocycles. The SMILES string of the molecule is CCSc1nnc(NC(=O)C(CC)Oc2cccc(C)c2C)s1. The van der Waals surface area contributed by atoms with Crippen LogP contribution in [-0.2, 0) is 4.79 Å². The lowest BCUT2D eigenvalue weighted by Gasteiger charge is -2.18. The number of hydrogen-bond acceptors (Lipinski definition) is 6. The number of aromatic nitrogens is 2. The minimum absolute atomic E-state index is 0.197. The second-order valence-electron chi connectivity index (χ2n) is 5.01. The van der Waals surface area contributed by atoms with Crippen molar-refractivity contribution in [1.29, 1.82) is 0 Å². The van der Waals surface area contributed by atoms with Gasteiger partial charge in [0, 0.05) is 0 Å². The number of benzene rings is 1. The molecule has 0 aliphatic heterocycles.